The number of furan rings is 1. The van der Waals surface area contributed by atoms with E-state index in [0.717, 1.165) is 41.4 Å². The van der Waals surface area contributed by atoms with Crippen LogP contribution in [0.2, 0.25) is 0 Å². The van der Waals surface area contributed by atoms with Crippen LogP contribution in [0.15, 0.2) is 58.4 Å². The van der Waals surface area contributed by atoms with E-state index in [1.165, 1.54) is 16.7 Å². The molecular formula is C22H21N3O. The minimum Gasteiger partial charge on any atom is -0.464 e. The van der Waals surface area contributed by atoms with E-state index in [0.29, 0.717) is 0 Å². The fraction of sp³-hybridized carbons (Fsp3) is 0.182. The summed E-state index contributed by atoms with van der Waals surface area (Å²) < 4.78 is 5.52. The van der Waals surface area contributed by atoms with Gasteiger partial charge in [-0.3, -0.25) is 9.98 Å². The van der Waals surface area contributed by atoms with Crippen LogP contribution >= 0.6 is 0 Å². The number of nitrogens with zero attached hydrogens (tertiary/aromatic N) is 2. The maximum absolute atomic E-state index is 5.52. The zero-order valence-electron chi connectivity index (χ0n) is 15.0. The summed E-state index contributed by atoms with van der Waals surface area (Å²) in [4.78, 5) is 8.81. The van der Waals surface area contributed by atoms with Gasteiger partial charge in [-0.05, 0) is 66.4 Å². The van der Waals surface area contributed by atoms with Gasteiger partial charge >= 0.3 is 0 Å². The third kappa shape index (κ3) is 3.31. The number of hydrogen-bond acceptors (Lipinski definition) is 4. The van der Waals surface area contributed by atoms with Crippen LogP contribution in [0, 0.1) is 13.8 Å². The Labute approximate surface area is 153 Å². The number of rotatable bonds is 4. The van der Waals surface area contributed by atoms with Crippen LogP contribution in [0.3, 0.4) is 0 Å². The lowest BCUT2D eigenvalue weighted by Crippen LogP contribution is -2.19. The Balaban J connectivity index is 1.62. The summed E-state index contributed by atoms with van der Waals surface area (Å²) in [6.45, 7) is 5.99. The summed E-state index contributed by atoms with van der Waals surface area (Å²) in [5, 5.41) is 3.29. The van der Waals surface area contributed by atoms with Gasteiger partial charge in [-0.25, -0.2) is 0 Å². The minimum absolute atomic E-state index is 0.829. The second kappa shape index (κ2) is 7.00. The summed E-state index contributed by atoms with van der Waals surface area (Å²) in [5.74, 6) is 1.83. The molecule has 2 aromatic heterocycles. The summed E-state index contributed by atoms with van der Waals surface area (Å²) in [6.07, 6.45) is 9.69. The number of hydrogen-bond donors (Lipinski definition) is 1. The van der Waals surface area contributed by atoms with Crippen molar-refractivity contribution < 1.29 is 4.42 Å². The number of pyridine rings is 1. The quantitative estimate of drug-likeness (QED) is 0.760. The van der Waals surface area contributed by atoms with Gasteiger partial charge in [0.25, 0.3) is 0 Å². The molecule has 0 atom stereocenters. The van der Waals surface area contributed by atoms with Gasteiger partial charge in [-0.15, -0.1) is 0 Å². The van der Waals surface area contributed by atoms with Crippen molar-refractivity contribution in [1.82, 2.24) is 10.3 Å². The lowest BCUT2D eigenvalue weighted by molar-refractivity contribution is 0.582. The van der Waals surface area contributed by atoms with Crippen LogP contribution in [0.1, 0.15) is 27.8 Å². The molecule has 0 saturated heterocycles. The molecule has 0 aliphatic carbocycles. The van der Waals surface area contributed by atoms with Gasteiger partial charge in [0.15, 0.2) is 0 Å². The highest BCUT2D eigenvalue weighted by Gasteiger charge is 2.09. The predicted octanol–water partition coefficient (Wildman–Crippen LogP) is 4.48. The molecule has 0 radical (unpaired) electrons. The Bertz CT molecular complexity index is 961. The molecule has 4 nitrogen and oxygen atoms in total. The topological polar surface area (TPSA) is 50.4 Å². The fourth-order valence-corrected chi connectivity index (χ4v) is 3.27. The van der Waals surface area contributed by atoms with E-state index in [4.69, 9.17) is 4.42 Å². The predicted molar refractivity (Wildman–Crippen MR) is 106 cm³/mol. The van der Waals surface area contributed by atoms with Crippen molar-refractivity contribution in [2.75, 3.05) is 13.1 Å². The molecule has 0 unspecified atom stereocenters. The standard InChI is InChI=1S/C22H21N3O/c1-15-10-18(21-4-3-9-26-21)11-16(2)20(15)6-5-17-12-19(14-23-13-17)22-24-7-8-25-22/h3-6,9-14H,7-8H2,1-2H3,(H,24,25)/b6-5+. The maximum atomic E-state index is 5.52. The van der Waals surface area contributed by atoms with E-state index in [1.54, 1.807) is 6.26 Å². The Morgan fingerprint density at radius 2 is 1.88 bits per heavy atom. The zero-order chi connectivity index (χ0) is 17.9. The van der Waals surface area contributed by atoms with Gasteiger partial charge in [0.1, 0.15) is 11.6 Å². The van der Waals surface area contributed by atoms with E-state index < -0.39 is 0 Å². The summed E-state index contributed by atoms with van der Waals surface area (Å²) in [6, 6.07) is 10.3. The second-order valence-electron chi connectivity index (χ2n) is 6.50. The number of aliphatic imine (C=N–C) groups is 1. The van der Waals surface area contributed by atoms with Gasteiger partial charge in [0.2, 0.25) is 0 Å². The molecular weight excluding hydrogens is 322 g/mol. The SMILES string of the molecule is Cc1cc(-c2ccco2)cc(C)c1/C=C/c1cncc(C2=NCCN2)c1. The largest absolute Gasteiger partial charge is 0.464 e. The molecule has 3 heterocycles. The van der Waals surface area contributed by atoms with Crippen molar-refractivity contribution in [3.8, 4) is 11.3 Å². The van der Waals surface area contributed by atoms with Crippen molar-refractivity contribution in [2.45, 2.75) is 13.8 Å². The number of benzene rings is 1. The average molecular weight is 343 g/mol. The van der Waals surface area contributed by atoms with Crippen LogP contribution in [0.25, 0.3) is 23.5 Å². The van der Waals surface area contributed by atoms with Crippen molar-refractivity contribution >= 4 is 18.0 Å². The smallest absolute Gasteiger partial charge is 0.133 e. The van der Waals surface area contributed by atoms with E-state index in [9.17, 15) is 0 Å². The van der Waals surface area contributed by atoms with E-state index >= 15 is 0 Å². The Kier molecular flexibility index (Phi) is 4.40. The van der Waals surface area contributed by atoms with Crippen LogP contribution < -0.4 is 5.32 Å². The van der Waals surface area contributed by atoms with Crippen LogP contribution in [-0.4, -0.2) is 23.9 Å². The number of amidine groups is 1. The molecule has 1 aliphatic heterocycles. The zero-order valence-corrected chi connectivity index (χ0v) is 15.0. The van der Waals surface area contributed by atoms with Crippen LogP contribution in [0.4, 0.5) is 0 Å². The molecule has 0 saturated carbocycles. The second-order valence-corrected chi connectivity index (χ2v) is 6.50. The Morgan fingerprint density at radius 1 is 1.04 bits per heavy atom. The van der Waals surface area contributed by atoms with Gasteiger partial charge < -0.3 is 9.73 Å². The summed E-state index contributed by atoms with van der Waals surface area (Å²) >= 11 is 0. The molecule has 1 aromatic carbocycles. The highest BCUT2D eigenvalue weighted by molar-refractivity contribution is 6.00. The summed E-state index contributed by atoms with van der Waals surface area (Å²) in [7, 11) is 0. The molecule has 3 aromatic rings. The van der Waals surface area contributed by atoms with Gasteiger partial charge in [-0.2, -0.15) is 0 Å². The van der Waals surface area contributed by atoms with Gasteiger partial charge in [0.05, 0.1) is 12.8 Å². The normalized spacial score (nSPS) is 13.8. The first-order chi connectivity index (χ1) is 12.7. The molecule has 4 heteroatoms. The molecule has 0 fully saturated rings. The monoisotopic (exact) mass is 343 g/mol. The molecule has 1 N–H and O–H groups in total. The molecule has 0 spiro atoms. The van der Waals surface area contributed by atoms with Crippen molar-refractivity contribution in [2.24, 2.45) is 4.99 Å². The number of aromatic nitrogens is 1. The third-order valence-corrected chi connectivity index (χ3v) is 4.55. The van der Waals surface area contributed by atoms with Gasteiger partial charge in [0, 0.05) is 30.1 Å². The van der Waals surface area contributed by atoms with E-state index in [2.05, 4.69) is 59.5 Å². The van der Waals surface area contributed by atoms with E-state index in [1.807, 2.05) is 24.5 Å². The van der Waals surface area contributed by atoms with Gasteiger partial charge in [-0.1, -0.05) is 12.2 Å². The molecule has 0 amide bonds. The molecule has 1 aliphatic rings. The molecule has 0 bridgehead atoms. The Hall–Kier alpha value is -3.14. The lowest BCUT2D eigenvalue weighted by Gasteiger charge is -2.09. The highest BCUT2D eigenvalue weighted by Crippen LogP contribution is 2.27. The molecule has 26 heavy (non-hydrogen) atoms. The van der Waals surface area contributed by atoms with Crippen LogP contribution in [-0.2, 0) is 0 Å². The Morgan fingerprint density at radius 3 is 2.58 bits per heavy atom. The van der Waals surface area contributed by atoms with E-state index in [-0.39, 0.29) is 0 Å². The third-order valence-electron chi connectivity index (χ3n) is 4.55. The maximum Gasteiger partial charge on any atom is 0.133 e. The highest BCUT2D eigenvalue weighted by atomic mass is 16.3. The first-order valence-corrected chi connectivity index (χ1v) is 8.78. The van der Waals surface area contributed by atoms with Crippen molar-refractivity contribution in [1.29, 1.82) is 0 Å². The number of aryl methyl sites for hydroxylation is 2. The summed E-state index contributed by atoms with van der Waals surface area (Å²) in [5.41, 5.74) is 6.87. The fourth-order valence-electron chi connectivity index (χ4n) is 3.27. The first-order valence-electron chi connectivity index (χ1n) is 8.78. The van der Waals surface area contributed by atoms with Crippen molar-refractivity contribution in [3.05, 3.63) is 76.8 Å². The van der Waals surface area contributed by atoms with Crippen LogP contribution in [0.5, 0.6) is 0 Å². The average Bonchev–Trinajstić information content (AvgIpc) is 3.35. The minimum atomic E-state index is 0.829. The molecule has 130 valence electrons. The number of nitrogens with one attached hydrogen (secondary N) is 1. The lowest BCUT2D eigenvalue weighted by atomic mass is 9.97. The first kappa shape index (κ1) is 16.3. The molecule has 4 rings (SSSR count). The van der Waals surface area contributed by atoms with Crippen molar-refractivity contribution in [3.63, 3.8) is 0 Å².